The highest BCUT2D eigenvalue weighted by molar-refractivity contribution is 6.46. The van der Waals surface area contributed by atoms with E-state index >= 15 is 0 Å². The van der Waals surface area contributed by atoms with Gasteiger partial charge in [0, 0.05) is 109 Å². The van der Waals surface area contributed by atoms with E-state index < -0.39 is 273 Å². The van der Waals surface area contributed by atoms with Gasteiger partial charge in [0.15, 0.2) is 17.5 Å². The second-order valence-electron chi connectivity index (χ2n) is 23.4. The van der Waals surface area contributed by atoms with Crippen LogP contribution < -0.4 is 28.9 Å². The van der Waals surface area contributed by atoms with Crippen molar-refractivity contribution in [1.82, 2.24) is 150 Å². The van der Waals surface area contributed by atoms with Crippen LogP contribution in [0.25, 0.3) is 67.2 Å². The number of rotatable bonds is 18. The Hall–Kier alpha value is -15.4. The number of hydrogen-bond donors (Lipinski definition) is 3. The highest BCUT2D eigenvalue weighted by Gasteiger charge is 2.36. The first-order valence-corrected chi connectivity index (χ1v) is 32.6. The minimum absolute atomic E-state index is 0.00691. The van der Waals surface area contributed by atoms with Crippen LogP contribution in [-0.2, 0) is 14.4 Å². The lowest BCUT2D eigenvalue weighted by atomic mass is 10.1. The van der Waals surface area contributed by atoms with Crippen molar-refractivity contribution >= 4 is 85.6 Å². The number of aromatic amines is 3. The van der Waals surface area contributed by atoms with E-state index in [0.29, 0.717) is 20.2 Å². The summed E-state index contributed by atoms with van der Waals surface area (Å²) in [7, 11) is -9.44. The van der Waals surface area contributed by atoms with Crippen molar-refractivity contribution in [1.29, 1.82) is 0 Å². The summed E-state index contributed by atoms with van der Waals surface area (Å²) in [5, 5.41) is 42.6. The van der Waals surface area contributed by atoms with Crippen molar-refractivity contribution in [3.8, 4) is 51.8 Å². The number of fused-ring (bicyclic) bond motifs is 3. The molecule has 116 heavy (non-hydrogen) atoms. The van der Waals surface area contributed by atoms with Gasteiger partial charge >= 0.3 is 0 Å². The molecule has 42 nitrogen and oxygen atoms in total. The van der Waals surface area contributed by atoms with Crippen LogP contribution in [-0.4, -0.2) is 284 Å². The third-order valence-electron chi connectivity index (χ3n) is 16.6. The van der Waals surface area contributed by atoms with Gasteiger partial charge in [0.05, 0.1) is 151 Å². The van der Waals surface area contributed by atoms with Crippen LogP contribution in [0.15, 0.2) is 135 Å². The lowest BCUT2D eigenvalue weighted by Crippen LogP contribution is -2.51. The summed E-state index contributed by atoms with van der Waals surface area (Å²) in [6, 6.07) is 3.63. The Morgan fingerprint density at radius 3 is 1.10 bits per heavy atom. The molecule has 0 atom stereocenters. The van der Waals surface area contributed by atoms with Crippen molar-refractivity contribution in [2.75, 3.05) is 114 Å². The SMILES string of the molecule is [2H]c1c([2H])c(-n2nnnc2N2C([2H])([2H])C([2H])([2H])N(C(=O)C(=O)c3c[nH]c4c(-n5nc(C([2H])([2H])[2H])nc5[2H])ncc(OC([2H])([2H])[2H])c34)C([2H])([2H])C2([2H])[2H])c([2H])c([2H])c1C.[2H]c1c([2H])c(-n2nnnc2N2CCN(C(=O)C(=O)c3c[nH]c4c(-n5nc(C([2H])([2H])[2H])nc5[2H])ncc(OC([2H])([2H])[2H])c34)CC2)c([2H])c([2H])c1C.[2H]c1nc(C([2H])([2H])[2H])nn1-c1ncc(OC([2H])([2H])[2H])c2c(C(=O)C(=O)N3C([2H])([2H])C([2H])([2H])N(c4nnnn4-c4ccccc4)C([2H])([2H])C3([2H])[2H])c[nH]c12. The number of methoxy groups -OCH3 is 3. The molecule has 12 aromatic heterocycles. The topological polar surface area (TPSA) is 459 Å². The number of para-hydroxylation sites is 1. The first kappa shape index (κ1) is 38.7. The van der Waals surface area contributed by atoms with E-state index in [1.165, 1.54) is 43.0 Å². The van der Waals surface area contributed by atoms with Crippen molar-refractivity contribution in [3.63, 3.8) is 0 Å². The number of anilines is 3. The number of ether oxygens (including phenoxy) is 3. The Morgan fingerprint density at radius 2 is 0.759 bits per heavy atom. The minimum Gasteiger partial charge on any atom is -0.494 e. The van der Waals surface area contributed by atoms with E-state index in [0.717, 1.165) is 45.0 Å². The fourth-order valence-corrected chi connectivity index (χ4v) is 11.3. The molecule has 0 bridgehead atoms. The average molecular weight is 1610 g/mol. The maximum atomic E-state index is 14.2. The molecule has 0 unspecified atom stereocenters. The molecule has 18 rings (SSSR count). The molecule has 3 fully saturated rings. The molecule has 3 aliphatic rings. The summed E-state index contributed by atoms with van der Waals surface area (Å²) in [5.41, 5.74) is -3.63. The second-order valence-corrected chi connectivity index (χ2v) is 23.4. The molecule has 3 amide bonds. The van der Waals surface area contributed by atoms with Crippen LogP contribution in [0.5, 0.6) is 17.2 Å². The van der Waals surface area contributed by atoms with E-state index in [4.69, 9.17) is 75.9 Å². The van der Waals surface area contributed by atoms with Crippen molar-refractivity contribution in [2.45, 2.75) is 34.4 Å². The van der Waals surface area contributed by atoms with Gasteiger partial charge in [0.2, 0.25) is 17.8 Å². The van der Waals surface area contributed by atoms with E-state index in [2.05, 4.69) is 107 Å². The van der Waals surface area contributed by atoms with Gasteiger partial charge in [-0.1, -0.05) is 68.8 Å². The molecule has 0 aliphatic carbocycles. The standard InChI is InChI=1S/2C25H25N11O3.C24H23N11O3/c2*1-15-4-6-17(7-5-15)36-25(29-31-32-36)34-10-8-33(9-11-34)24(38)22(37)18-12-26-21-20(18)19(39-3)13-27-23(21)35-14-28-16(2)30-35;1-15-27-14-34(29-15)22-20-19(18(38-2)13-26-22)17(12-25-20)21(36)23(37)32-8-10-33(11-9-32)24-28-30-31-35(24)16-6-4-3-5-7-16/h2*4-7,12-14,26H,8-11H2,1-3H3;3-7,12-14,25H,8-11H2,1-2H3/i2D3,3D3,4D,5D,6D,7D,8D2,9D2,10D2,11D2,14D;2D3,3D3,4D,5D,6D,7D,14D;1D3,2D3,8D2,9D2,10D2,11D2,14D. The van der Waals surface area contributed by atoms with Crippen molar-refractivity contribution in [2.24, 2.45) is 0 Å². The lowest BCUT2D eigenvalue weighted by molar-refractivity contribution is -0.127. The van der Waals surface area contributed by atoms with Crippen molar-refractivity contribution < 1.29 is 105 Å². The third-order valence-corrected chi connectivity index (χ3v) is 16.6. The molecular formula is C74H73N33O9. The van der Waals surface area contributed by atoms with Crippen LogP contribution >= 0.6 is 0 Å². The van der Waals surface area contributed by atoms with E-state index in [1.807, 2.05) is 0 Å². The van der Waals surface area contributed by atoms with Crippen LogP contribution in [0.3, 0.4) is 0 Å². The van der Waals surface area contributed by atoms with Gasteiger partial charge in [-0.2, -0.15) is 29.3 Å². The summed E-state index contributed by atoms with van der Waals surface area (Å²) in [4.78, 5) is 116. The number of piperazine rings is 3. The summed E-state index contributed by atoms with van der Waals surface area (Å²) < 4.78 is 387. The normalized spacial score (nSPS) is 23.5. The number of H-pyrrole nitrogens is 3. The number of Topliss-reactive ketones (excluding diaryl/α,β-unsaturated/α-hetero) is 3. The predicted octanol–water partition coefficient (Wildman–Crippen LogP) is 3.52. The molecule has 3 saturated heterocycles. The predicted molar refractivity (Wildman–Crippen MR) is 413 cm³/mol. The van der Waals surface area contributed by atoms with Gasteiger partial charge in [0.25, 0.3) is 35.1 Å². The van der Waals surface area contributed by atoms with Crippen LogP contribution in [0.1, 0.15) is 121 Å². The molecule has 0 radical (unpaired) electrons. The number of amides is 3. The molecule has 0 saturated carbocycles. The zero-order valence-electron chi connectivity index (χ0n) is 103. The monoisotopic (exact) mass is 1610 g/mol. The Morgan fingerprint density at radius 1 is 0.414 bits per heavy atom. The smallest absolute Gasteiger partial charge is 0.295 e. The first-order valence-electron chi connectivity index (χ1n) is 55.1. The number of benzene rings is 3. The van der Waals surface area contributed by atoms with Crippen LogP contribution in [0, 0.1) is 34.4 Å². The summed E-state index contributed by atoms with van der Waals surface area (Å²) >= 11 is 0. The zero-order chi connectivity index (χ0) is 119. The maximum absolute atomic E-state index is 14.2. The molecular weight excluding hydrogens is 1500 g/mol. The van der Waals surface area contributed by atoms with E-state index in [1.54, 1.807) is 11.0 Å². The molecule has 3 N–H and O–H groups in total. The molecule has 3 aromatic carbocycles. The summed E-state index contributed by atoms with van der Waals surface area (Å²) in [6.07, 6.45) is 2.84. The highest BCUT2D eigenvalue weighted by Crippen LogP contribution is 2.36. The first-order chi connectivity index (χ1) is 74.1. The van der Waals surface area contributed by atoms with Crippen LogP contribution in [0.4, 0.5) is 17.8 Å². The molecule has 15 heterocycles. The van der Waals surface area contributed by atoms with Gasteiger partial charge in [-0.15, -0.1) is 0 Å². The Kier molecular flexibility index (Phi) is 10.6. The molecule has 0 spiro atoms. The van der Waals surface area contributed by atoms with Gasteiger partial charge in [0.1, 0.15) is 57.7 Å². The number of ketones is 3. The Labute approximate surface area is 719 Å². The van der Waals surface area contributed by atoms with Gasteiger partial charge < -0.3 is 58.6 Å². The number of aryl methyl sites for hydroxylation is 3. The fourth-order valence-electron chi connectivity index (χ4n) is 11.3. The zero-order valence-corrected chi connectivity index (χ0v) is 58.3. The molecule has 588 valence electrons. The maximum Gasteiger partial charge on any atom is 0.295 e. The number of carbonyl (C=O) groups excluding carboxylic acids is 6. The number of pyridine rings is 3. The molecule has 42 heteroatoms. The Balaban J connectivity index is 0.000000170. The second kappa shape index (κ2) is 31.8. The van der Waals surface area contributed by atoms with Crippen LogP contribution in [0.2, 0.25) is 0 Å². The van der Waals surface area contributed by atoms with E-state index in [9.17, 15) is 28.8 Å². The third kappa shape index (κ3) is 14.4. The summed E-state index contributed by atoms with van der Waals surface area (Å²) in [5.74, 6) is -17.2. The van der Waals surface area contributed by atoms with E-state index in [-0.39, 0.29) is 116 Å². The fraction of sp³-hybridized carbons (Fsp3) is 0.270. The largest absolute Gasteiger partial charge is 0.494 e. The number of hydrogen-bond acceptors (Lipinski definition) is 30. The highest BCUT2D eigenvalue weighted by atomic mass is 16.5. The number of tetrazole rings is 3. The average Bonchev–Trinajstić information content (AvgIpc) is 1.64. The number of carbonyl (C=O) groups is 6. The van der Waals surface area contributed by atoms with Gasteiger partial charge in [-0.3, -0.25) is 28.8 Å². The number of aromatic nitrogens is 27. The quantitative estimate of drug-likeness (QED) is 0.0817. The number of nitrogens with one attached hydrogen (secondary N) is 3. The molecule has 3 aliphatic heterocycles. The summed E-state index contributed by atoms with van der Waals surface area (Å²) in [6.45, 7) is -36.9. The van der Waals surface area contributed by atoms with Gasteiger partial charge in [-0.25, -0.2) is 43.9 Å². The minimum atomic E-state index is -4.07. The molecule has 15 aromatic rings. The Bertz CT molecular complexity index is 8350. The lowest BCUT2D eigenvalue weighted by Gasteiger charge is -2.34. The van der Waals surface area contributed by atoms with Crippen molar-refractivity contribution in [3.05, 3.63) is 180 Å². The van der Waals surface area contributed by atoms with Gasteiger partial charge in [-0.05, 0) is 102 Å². The number of nitrogens with zero attached hydrogens (tertiary/aromatic N) is 30.